The number of nitrogens with one attached hydrogen (secondary N) is 1. The summed E-state index contributed by atoms with van der Waals surface area (Å²) < 4.78 is 0. The van der Waals surface area contributed by atoms with Crippen LogP contribution in [0, 0.1) is 13.8 Å². The summed E-state index contributed by atoms with van der Waals surface area (Å²) in [6, 6.07) is 5.88. The van der Waals surface area contributed by atoms with Crippen LogP contribution in [0.4, 0.5) is 5.69 Å². The molecule has 3 N–H and O–H groups in total. The number of nitrogens with zero attached hydrogens (tertiary/aromatic N) is 1. The second-order valence-electron chi connectivity index (χ2n) is 6.85. The lowest BCUT2D eigenvalue weighted by molar-refractivity contribution is -0.140. The molecule has 0 aliphatic heterocycles. The lowest BCUT2D eigenvalue weighted by Gasteiger charge is -2.36. The molecule has 5 nitrogen and oxygen atoms in total. The third-order valence-corrected chi connectivity index (χ3v) is 4.92. The normalized spacial score (nSPS) is 16.5. The van der Waals surface area contributed by atoms with Crippen LogP contribution in [0.5, 0.6) is 0 Å². The standard InChI is InChI=1S/C19H29N3O2/c1-4-22(18(24)19(20)11-6-5-7-12-19)13-16(23)21-17-14(2)9-8-10-15(17)3/h8-10H,4-7,11-13,20H2,1-3H3,(H,21,23). The maximum atomic E-state index is 12.8. The third kappa shape index (κ3) is 4.15. The summed E-state index contributed by atoms with van der Waals surface area (Å²) in [5.74, 6) is -0.275. The van der Waals surface area contributed by atoms with Crippen molar-refractivity contribution in [1.82, 2.24) is 4.90 Å². The zero-order valence-electron chi connectivity index (χ0n) is 15.0. The van der Waals surface area contributed by atoms with Crippen LogP contribution in [0.3, 0.4) is 0 Å². The first-order valence-electron chi connectivity index (χ1n) is 8.81. The highest BCUT2D eigenvalue weighted by atomic mass is 16.2. The van der Waals surface area contributed by atoms with E-state index in [-0.39, 0.29) is 18.4 Å². The van der Waals surface area contributed by atoms with E-state index in [9.17, 15) is 9.59 Å². The molecule has 2 amide bonds. The maximum absolute atomic E-state index is 12.8. The minimum absolute atomic E-state index is 0.0437. The molecule has 132 valence electrons. The van der Waals surface area contributed by atoms with Gasteiger partial charge < -0.3 is 16.0 Å². The van der Waals surface area contributed by atoms with Gasteiger partial charge in [-0.3, -0.25) is 9.59 Å². The van der Waals surface area contributed by atoms with Crippen molar-refractivity contribution in [2.75, 3.05) is 18.4 Å². The first-order chi connectivity index (χ1) is 11.4. The van der Waals surface area contributed by atoms with Crippen molar-refractivity contribution in [3.05, 3.63) is 29.3 Å². The predicted octanol–water partition coefficient (Wildman–Crippen LogP) is 2.75. The van der Waals surface area contributed by atoms with Crippen LogP contribution >= 0.6 is 0 Å². The Morgan fingerprint density at radius 2 is 1.75 bits per heavy atom. The molecule has 0 unspecified atom stereocenters. The molecule has 1 saturated carbocycles. The number of anilines is 1. The number of rotatable bonds is 5. The van der Waals surface area contributed by atoms with E-state index < -0.39 is 5.54 Å². The first kappa shape index (κ1) is 18.5. The second-order valence-corrected chi connectivity index (χ2v) is 6.85. The molecule has 1 aliphatic carbocycles. The van der Waals surface area contributed by atoms with Crippen LogP contribution in [0.1, 0.15) is 50.2 Å². The number of aryl methyl sites for hydroxylation is 2. The fourth-order valence-electron chi connectivity index (χ4n) is 3.40. The van der Waals surface area contributed by atoms with Gasteiger partial charge in [-0.25, -0.2) is 0 Å². The number of amides is 2. The summed E-state index contributed by atoms with van der Waals surface area (Å²) in [5, 5.41) is 2.94. The summed E-state index contributed by atoms with van der Waals surface area (Å²) >= 11 is 0. The van der Waals surface area contributed by atoms with E-state index in [1.165, 1.54) is 0 Å². The van der Waals surface area contributed by atoms with Gasteiger partial charge in [-0.2, -0.15) is 0 Å². The molecule has 0 radical (unpaired) electrons. The van der Waals surface area contributed by atoms with Gasteiger partial charge in [-0.05, 0) is 44.7 Å². The molecule has 0 aromatic heterocycles. The number of para-hydroxylation sites is 1. The Morgan fingerprint density at radius 3 is 2.29 bits per heavy atom. The molecule has 0 heterocycles. The number of benzene rings is 1. The van der Waals surface area contributed by atoms with Gasteiger partial charge in [0, 0.05) is 12.2 Å². The van der Waals surface area contributed by atoms with Gasteiger partial charge in [0.2, 0.25) is 11.8 Å². The van der Waals surface area contributed by atoms with Gasteiger partial charge in [0.15, 0.2) is 0 Å². The molecular formula is C19H29N3O2. The fourth-order valence-corrected chi connectivity index (χ4v) is 3.40. The summed E-state index contributed by atoms with van der Waals surface area (Å²) in [6.45, 7) is 6.33. The van der Waals surface area contributed by atoms with Crippen molar-refractivity contribution >= 4 is 17.5 Å². The van der Waals surface area contributed by atoms with Crippen LogP contribution in [0.15, 0.2) is 18.2 Å². The minimum Gasteiger partial charge on any atom is -0.332 e. The summed E-state index contributed by atoms with van der Waals surface area (Å²) in [4.78, 5) is 26.8. The van der Waals surface area contributed by atoms with Gasteiger partial charge in [0.1, 0.15) is 0 Å². The van der Waals surface area contributed by atoms with E-state index in [1.54, 1.807) is 4.90 Å². The van der Waals surface area contributed by atoms with Crippen molar-refractivity contribution < 1.29 is 9.59 Å². The average Bonchev–Trinajstić information content (AvgIpc) is 2.56. The topological polar surface area (TPSA) is 75.4 Å². The second kappa shape index (κ2) is 7.79. The Bertz CT molecular complexity index is 586. The van der Waals surface area contributed by atoms with Crippen molar-refractivity contribution in [2.24, 2.45) is 5.73 Å². The van der Waals surface area contributed by atoms with E-state index >= 15 is 0 Å². The van der Waals surface area contributed by atoms with Crippen molar-refractivity contribution in [3.8, 4) is 0 Å². The highest BCUT2D eigenvalue weighted by Crippen LogP contribution is 2.27. The van der Waals surface area contributed by atoms with Crippen LogP contribution < -0.4 is 11.1 Å². The highest BCUT2D eigenvalue weighted by Gasteiger charge is 2.38. The SMILES string of the molecule is CCN(CC(=O)Nc1c(C)cccc1C)C(=O)C1(N)CCCCC1. The molecule has 1 fully saturated rings. The third-order valence-electron chi connectivity index (χ3n) is 4.92. The number of hydrogen-bond donors (Lipinski definition) is 2. The number of hydrogen-bond acceptors (Lipinski definition) is 3. The van der Waals surface area contributed by atoms with Gasteiger partial charge in [0.25, 0.3) is 0 Å². The van der Waals surface area contributed by atoms with E-state index in [2.05, 4.69) is 5.32 Å². The maximum Gasteiger partial charge on any atom is 0.244 e. The molecule has 1 aromatic rings. The monoisotopic (exact) mass is 331 g/mol. The molecule has 2 rings (SSSR count). The van der Waals surface area contributed by atoms with Crippen LogP contribution in [0.2, 0.25) is 0 Å². The zero-order chi connectivity index (χ0) is 17.7. The van der Waals surface area contributed by atoms with Crippen LogP contribution in [-0.2, 0) is 9.59 Å². The molecule has 1 aliphatic rings. The lowest BCUT2D eigenvalue weighted by Crippen LogP contribution is -2.57. The zero-order valence-corrected chi connectivity index (χ0v) is 15.0. The molecular weight excluding hydrogens is 302 g/mol. The Kier molecular flexibility index (Phi) is 5.99. The highest BCUT2D eigenvalue weighted by molar-refractivity contribution is 5.97. The Morgan fingerprint density at radius 1 is 1.17 bits per heavy atom. The van der Waals surface area contributed by atoms with E-state index in [4.69, 9.17) is 5.73 Å². The van der Waals surface area contributed by atoms with Crippen LogP contribution in [-0.4, -0.2) is 35.3 Å². The first-order valence-corrected chi connectivity index (χ1v) is 8.81. The molecule has 0 atom stereocenters. The average molecular weight is 331 g/mol. The Balaban J connectivity index is 2.04. The molecule has 0 spiro atoms. The van der Waals surface area contributed by atoms with E-state index in [0.29, 0.717) is 19.4 Å². The fraction of sp³-hybridized carbons (Fsp3) is 0.579. The Labute approximate surface area is 144 Å². The molecule has 0 bridgehead atoms. The van der Waals surface area contributed by atoms with Crippen LogP contribution in [0.25, 0.3) is 0 Å². The quantitative estimate of drug-likeness (QED) is 0.871. The lowest BCUT2D eigenvalue weighted by atomic mass is 9.81. The van der Waals surface area contributed by atoms with E-state index in [1.807, 2.05) is 39.0 Å². The largest absolute Gasteiger partial charge is 0.332 e. The smallest absolute Gasteiger partial charge is 0.244 e. The van der Waals surface area contributed by atoms with Gasteiger partial charge in [0.05, 0.1) is 12.1 Å². The molecule has 24 heavy (non-hydrogen) atoms. The number of nitrogens with two attached hydrogens (primary N) is 1. The van der Waals surface area contributed by atoms with Crippen molar-refractivity contribution in [3.63, 3.8) is 0 Å². The summed E-state index contributed by atoms with van der Waals surface area (Å²) in [5.41, 5.74) is 8.39. The molecule has 5 heteroatoms. The predicted molar refractivity (Wildman–Crippen MR) is 96.8 cm³/mol. The van der Waals surface area contributed by atoms with Gasteiger partial charge >= 0.3 is 0 Å². The summed E-state index contributed by atoms with van der Waals surface area (Å²) in [7, 11) is 0. The Hall–Kier alpha value is -1.88. The number of likely N-dealkylation sites (N-methyl/N-ethyl adjacent to an activating group) is 1. The molecule has 1 aromatic carbocycles. The number of carbonyl (C=O) groups is 2. The van der Waals surface area contributed by atoms with Crippen molar-refractivity contribution in [2.45, 2.75) is 58.4 Å². The minimum atomic E-state index is -0.798. The van der Waals surface area contributed by atoms with Crippen molar-refractivity contribution in [1.29, 1.82) is 0 Å². The molecule has 0 saturated heterocycles. The van der Waals surface area contributed by atoms with E-state index in [0.717, 1.165) is 36.1 Å². The summed E-state index contributed by atoms with van der Waals surface area (Å²) in [6.07, 6.45) is 4.51. The van der Waals surface area contributed by atoms with Gasteiger partial charge in [-0.1, -0.05) is 37.5 Å². The number of carbonyl (C=O) groups excluding carboxylic acids is 2. The van der Waals surface area contributed by atoms with Gasteiger partial charge in [-0.15, -0.1) is 0 Å².